The van der Waals surface area contributed by atoms with Crippen molar-refractivity contribution >= 4 is 10.0 Å². The number of nitrogens with zero attached hydrogens (tertiary/aromatic N) is 2. The second-order valence-corrected chi connectivity index (χ2v) is 6.10. The van der Waals surface area contributed by atoms with Gasteiger partial charge in [0, 0.05) is 31.4 Å². The van der Waals surface area contributed by atoms with Crippen molar-refractivity contribution in [1.82, 2.24) is 9.29 Å². The second kappa shape index (κ2) is 4.51. The van der Waals surface area contributed by atoms with Crippen LogP contribution in [0.15, 0.2) is 18.3 Å². The fourth-order valence-corrected chi connectivity index (χ4v) is 3.44. The van der Waals surface area contributed by atoms with E-state index in [-0.39, 0.29) is 5.75 Å². The molecule has 0 saturated heterocycles. The lowest BCUT2D eigenvalue weighted by Gasteiger charge is -2.27. The van der Waals surface area contributed by atoms with Gasteiger partial charge in [0.1, 0.15) is 0 Å². The molecule has 0 aromatic carbocycles. The molecular weight excluding hydrogens is 224 g/mol. The summed E-state index contributed by atoms with van der Waals surface area (Å²) in [5, 5.41) is 0. The molecule has 0 atom stereocenters. The maximum Gasteiger partial charge on any atom is 0.214 e. The van der Waals surface area contributed by atoms with E-state index in [1.165, 1.54) is 0 Å². The first-order valence-electron chi connectivity index (χ1n) is 5.54. The largest absolute Gasteiger partial charge is 0.261 e. The Hall–Kier alpha value is -0.940. The van der Waals surface area contributed by atoms with E-state index in [1.54, 1.807) is 10.5 Å². The van der Waals surface area contributed by atoms with E-state index >= 15 is 0 Å². The molecule has 88 valence electrons. The van der Waals surface area contributed by atoms with E-state index in [9.17, 15) is 8.42 Å². The summed E-state index contributed by atoms with van der Waals surface area (Å²) in [6, 6.07) is 3.81. The van der Waals surface area contributed by atoms with Gasteiger partial charge >= 0.3 is 0 Å². The van der Waals surface area contributed by atoms with E-state index in [1.807, 2.05) is 19.1 Å². The third-order valence-electron chi connectivity index (χ3n) is 2.78. The number of pyridine rings is 1. The molecule has 5 heteroatoms. The van der Waals surface area contributed by atoms with Gasteiger partial charge in [-0.25, -0.2) is 8.42 Å². The third kappa shape index (κ3) is 2.25. The predicted molar refractivity (Wildman–Crippen MR) is 62.4 cm³/mol. The first-order valence-corrected chi connectivity index (χ1v) is 7.15. The van der Waals surface area contributed by atoms with E-state index in [2.05, 4.69) is 4.98 Å². The average Bonchev–Trinajstić information content (AvgIpc) is 2.28. The van der Waals surface area contributed by atoms with Crippen LogP contribution in [0.3, 0.4) is 0 Å². The molecule has 2 heterocycles. The summed E-state index contributed by atoms with van der Waals surface area (Å²) in [6.07, 6.45) is 3.15. The van der Waals surface area contributed by atoms with Gasteiger partial charge in [-0.05, 0) is 18.1 Å². The van der Waals surface area contributed by atoms with Crippen molar-refractivity contribution in [1.29, 1.82) is 0 Å². The van der Waals surface area contributed by atoms with Crippen molar-refractivity contribution in [3.63, 3.8) is 0 Å². The highest BCUT2D eigenvalue weighted by Crippen LogP contribution is 2.19. The van der Waals surface area contributed by atoms with E-state index in [0.29, 0.717) is 19.5 Å². The molecule has 0 radical (unpaired) electrons. The van der Waals surface area contributed by atoms with Crippen LogP contribution in [0, 0.1) is 0 Å². The predicted octanol–water partition coefficient (Wildman–Crippen LogP) is 1.18. The Morgan fingerprint density at radius 2 is 2.31 bits per heavy atom. The zero-order valence-electron chi connectivity index (χ0n) is 9.39. The molecule has 2 rings (SSSR count). The fourth-order valence-electron chi connectivity index (χ4n) is 1.96. The van der Waals surface area contributed by atoms with Crippen LogP contribution in [0.25, 0.3) is 0 Å². The zero-order chi connectivity index (χ0) is 11.6. The molecule has 0 saturated carbocycles. The number of sulfonamides is 1. The Morgan fingerprint density at radius 1 is 1.50 bits per heavy atom. The summed E-state index contributed by atoms with van der Waals surface area (Å²) in [5.41, 5.74) is 2.07. The lowest BCUT2D eigenvalue weighted by atomic mass is 10.1. The van der Waals surface area contributed by atoms with Crippen LogP contribution in [-0.4, -0.2) is 30.0 Å². The summed E-state index contributed by atoms with van der Waals surface area (Å²) in [6.45, 7) is 2.93. The highest BCUT2D eigenvalue weighted by atomic mass is 32.2. The van der Waals surface area contributed by atoms with Gasteiger partial charge in [0.2, 0.25) is 10.0 Å². The summed E-state index contributed by atoms with van der Waals surface area (Å²) < 4.78 is 25.4. The van der Waals surface area contributed by atoms with Crippen molar-refractivity contribution in [3.05, 3.63) is 29.6 Å². The van der Waals surface area contributed by atoms with Gasteiger partial charge < -0.3 is 0 Å². The molecule has 0 N–H and O–H groups in total. The van der Waals surface area contributed by atoms with Crippen molar-refractivity contribution < 1.29 is 8.42 Å². The summed E-state index contributed by atoms with van der Waals surface area (Å²) >= 11 is 0. The molecule has 1 aromatic heterocycles. The minimum absolute atomic E-state index is 0.239. The molecule has 0 aliphatic carbocycles. The molecule has 0 unspecified atom stereocenters. The monoisotopic (exact) mass is 240 g/mol. The molecular formula is C11H16N2O2S. The van der Waals surface area contributed by atoms with Crippen molar-refractivity contribution in [3.8, 4) is 0 Å². The summed E-state index contributed by atoms with van der Waals surface area (Å²) in [5.74, 6) is 0.239. The summed E-state index contributed by atoms with van der Waals surface area (Å²) in [7, 11) is -3.07. The molecule has 1 aromatic rings. The number of hydrogen-bond donors (Lipinski definition) is 0. The molecule has 0 fully saturated rings. The first kappa shape index (κ1) is 11.5. The molecule has 0 spiro atoms. The number of rotatable bonds is 3. The van der Waals surface area contributed by atoms with E-state index < -0.39 is 10.0 Å². The van der Waals surface area contributed by atoms with Gasteiger partial charge in [0.05, 0.1) is 5.75 Å². The standard InChI is InChI=1S/C11H16N2O2S/c1-2-8-16(14,15)13-7-5-11-10(9-13)4-3-6-12-11/h3-4,6H,2,5,7-9H2,1H3. The minimum Gasteiger partial charge on any atom is -0.261 e. The lowest BCUT2D eigenvalue weighted by Crippen LogP contribution is -2.37. The Kier molecular flexibility index (Phi) is 3.25. The van der Waals surface area contributed by atoms with Crippen LogP contribution >= 0.6 is 0 Å². The van der Waals surface area contributed by atoms with E-state index in [0.717, 1.165) is 17.7 Å². The normalized spacial score (nSPS) is 17.1. The van der Waals surface area contributed by atoms with Gasteiger partial charge in [0.15, 0.2) is 0 Å². The molecule has 1 aliphatic rings. The van der Waals surface area contributed by atoms with Gasteiger partial charge in [-0.15, -0.1) is 0 Å². The van der Waals surface area contributed by atoms with Crippen LogP contribution < -0.4 is 0 Å². The first-order chi connectivity index (χ1) is 7.63. The lowest BCUT2D eigenvalue weighted by molar-refractivity contribution is 0.387. The second-order valence-electron chi connectivity index (χ2n) is 4.01. The van der Waals surface area contributed by atoms with Crippen molar-refractivity contribution in [2.45, 2.75) is 26.3 Å². The van der Waals surface area contributed by atoms with Gasteiger partial charge in [-0.3, -0.25) is 4.98 Å². The Balaban J connectivity index is 2.20. The number of fused-ring (bicyclic) bond motifs is 1. The quantitative estimate of drug-likeness (QED) is 0.797. The molecule has 0 bridgehead atoms. The topological polar surface area (TPSA) is 50.3 Å². The van der Waals surface area contributed by atoms with Gasteiger partial charge in [-0.2, -0.15) is 4.31 Å². The molecule has 1 aliphatic heterocycles. The van der Waals surface area contributed by atoms with Crippen LogP contribution in [0.5, 0.6) is 0 Å². The summed E-state index contributed by atoms with van der Waals surface area (Å²) in [4.78, 5) is 4.26. The molecule has 16 heavy (non-hydrogen) atoms. The smallest absolute Gasteiger partial charge is 0.214 e. The van der Waals surface area contributed by atoms with Crippen LogP contribution in [0.1, 0.15) is 24.6 Å². The molecule has 4 nitrogen and oxygen atoms in total. The Labute approximate surface area is 96.4 Å². The Morgan fingerprint density at radius 3 is 3.06 bits per heavy atom. The third-order valence-corrected chi connectivity index (χ3v) is 4.81. The molecule has 0 amide bonds. The fraction of sp³-hybridized carbons (Fsp3) is 0.545. The van der Waals surface area contributed by atoms with E-state index in [4.69, 9.17) is 0 Å². The maximum atomic E-state index is 11.9. The van der Waals surface area contributed by atoms with Crippen molar-refractivity contribution in [2.75, 3.05) is 12.3 Å². The minimum atomic E-state index is -3.07. The number of hydrogen-bond acceptors (Lipinski definition) is 3. The Bertz CT molecular complexity index is 471. The zero-order valence-corrected chi connectivity index (χ0v) is 10.2. The van der Waals surface area contributed by atoms with Crippen LogP contribution in [0.4, 0.5) is 0 Å². The average molecular weight is 240 g/mol. The van der Waals surface area contributed by atoms with Crippen LogP contribution in [0.2, 0.25) is 0 Å². The maximum absolute atomic E-state index is 11.9. The highest BCUT2D eigenvalue weighted by Gasteiger charge is 2.25. The van der Waals surface area contributed by atoms with Crippen LogP contribution in [-0.2, 0) is 23.0 Å². The van der Waals surface area contributed by atoms with Crippen molar-refractivity contribution in [2.24, 2.45) is 0 Å². The SMILES string of the molecule is CCCS(=O)(=O)N1CCc2ncccc2C1. The van der Waals surface area contributed by atoms with Gasteiger partial charge in [-0.1, -0.05) is 13.0 Å². The number of aromatic nitrogens is 1. The van der Waals surface area contributed by atoms with Gasteiger partial charge in [0.25, 0.3) is 0 Å². The highest BCUT2D eigenvalue weighted by molar-refractivity contribution is 7.89.